The first-order chi connectivity index (χ1) is 17.0. The van der Waals surface area contributed by atoms with Gasteiger partial charge in [-0.3, -0.25) is 4.90 Å². The molecule has 3 aromatic heterocycles. The van der Waals surface area contributed by atoms with E-state index in [1.165, 1.54) is 11.8 Å². The number of halogens is 3. The molecule has 35 heavy (non-hydrogen) atoms. The van der Waals surface area contributed by atoms with Crippen molar-refractivity contribution in [2.24, 2.45) is 0 Å². The molecule has 10 nitrogen and oxygen atoms in total. The highest BCUT2D eigenvalue weighted by Gasteiger charge is 2.30. The molecule has 0 unspecified atom stereocenters. The fraction of sp³-hybridized carbons (Fsp3) is 0.455. The van der Waals surface area contributed by atoms with E-state index in [-0.39, 0.29) is 25.0 Å². The summed E-state index contributed by atoms with van der Waals surface area (Å²) in [6.07, 6.45) is -1.42. The molecular formula is C22H25F3N8O2. The Hall–Kier alpha value is -3.45. The quantitative estimate of drug-likeness (QED) is 0.388. The Morgan fingerprint density at radius 1 is 1.29 bits per heavy atom. The average Bonchev–Trinajstić information content (AvgIpc) is 3.44. The van der Waals surface area contributed by atoms with Crippen molar-refractivity contribution in [2.45, 2.75) is 31.6 Å². The van der Waals surface area contributed by atoms with Crippen LogP contribution in [-0.4, -0.2) is 91.6 Å². The summed E-state index contributed by atoms with van der Waals surface area (Å²) in [4.78, 5) is 6.34. The Bertz CT molecular complexity index is 1330. The number of aromatic nitrogens is 6. The van der Waals surface area contributed by atoms with Crippen LogP contribution in [0.5, 0.6) is 5.88 Å². The monoisotopic (exact) mass is 490 g/mol. The first-order valence-electron chi connectivity index (χ1n) is 11.3. The van der Waals surface area contributed by atoms with Gasteiger partial charge in [0.05, 0.1) is 25.3 Å². The van der Waals surface area contributed by atoms with Gasteiger partial charge >= 0.3 is 0 Å². The summed E-state index contributed by atoms with van der Waals surface area (Å²) >= 11 is 0. The summed E-state index contributed by atoms with van der Waals surface area (Å²) in [5.74, 6) is 0.518. The van der Waals surface area contributed by atoms with Crippen LogP contribution in [0.3, 0.4) is 0 Å². The zero-order valence-corrected chi connectivity index (χ0v) is 19.0. The molecule has 13 heteroatoms. The van der Waals surface area contributed by atoms with Gasteiger partial charge in [-0.1, -0.05) is 11.3 Å². The lowest BCUT2D eigenvalue weighted by molar-refractivity contribution is 0.107. The first kappa shape index (κ1) is 23.3. The third-order valence-corrected chi connectivity index (χ3v) is 6.16. The number of nitrogens with zero attached hydrogens (tertiary/aromatic N) is 7. The van der Waals surface area contributed by atoms with Gasteiger partial charge in [0, 0.05) is 31.4 Å². The number of hydrogen-bond donors (Lipinski definition) is 2. The van der Waals surface area contributed by atoms with E-state index >= 15 is 0 Å². The van der Waals surface area contributed by atoms with Crippen LogP contribution in [-0.2, 0) is 6.54 Å². The zero-order valence-electron chi connectivity index (χ0n) is 19.0. The number of nitrogens with one attached hydrogen (secondary N) is 1. The summed E-state index contributed by atoms with van der Waals surface area (Å²) < 4.78 is 48.9. The van der Waals surface area contributed by atoms with E-state index in [2.05, 4.69) is 25.7 Å². The summed E-state index contributed by atoms with van der Waals surface area (Å²) in [6, 6.07) is 6.64. The maximum absolute atomic E-state index is 14.7. The molecule has 2 N–H and O–H groups in total. The lowest BCUT2D eigenvalue weighted by Crippen LogP contribution is -2.48. The van der Waals surface area contributed by atoms with Gasteiger partial charge in [0.25, 0.3) is 6.43 Å². The van der Waals surface area contributed by atoms with Gasteiger partial charge < -0.3 is 15.2 Å². The number of benzene rings is 1. The van der Waals surface area contributed by atoms with E-state index in [4.69, 9.17) is 9.84 Å². The standard InChI is InChI=1S/C22H25F3N8O2/c1-35-21-20-14(13-2-3-17-18(10-13)33(30-28-17)12-19(24)25)4-7-32(20)29-22(27-21)26-16-5-6-31(8-9-34)11-15(16)23/h2-4,7,10,15-16,19,34H,5-6,8-9,11-12H2,1H3,(H,26,29)/t15-,16+/m1/s1. The number of hydrogen-bond acceptors (Lipinski definition) is 8. The third-order valence-electron chi connectivity index (χ3n) is 6.16. The van der Waals surface area contributed by atoms with Gasteiger partial charge in [-0.2, -0.15) is 4.98 Å². The topological polar surface area (TPSA) is 106 Å². The number of methoxy groups -OCH3 is 1. The molecule has 0 amide bonds. The van der Waals surface area contributed by atoms with Gasteiger partial charge in [0.1, 0.15) is 23.7 Å². The number of likely N-dealkylation sites (tertiary alicyclic amines) is 1. The van der Waals surface area contributed by atoms with Gasteiger partial charge in [-0.15, -0.1) is 10.2 Å². The summed E-state index contributed by atoms with van der Waals surface area (Å²) in [7, 11) is 1.49. The van der Waals surface area contributed by atoms with Crippen molar-refractivity contribution in [3.05, 3.63) is 30.5 Å². The van der Waals surface area contributed by atoms with E-state index in [1.807, 2.05) is 17.0 Å². The van der Waals surface area contributed by atoms with E-state index < -0.39 is 25.2 Å². The molecule has 0 radical (unpaired) electrons. The second-order valence-electron chi connectivity index (χ2n) is 8.41. The molecule has 0 saturated carbocycles. The summed E-state index contributed by atoms with van der Waals surface area (Å²) in [6.45, 7) is 0.776. The minimum atomic E-state index is -2.55. The predicted octanol–water partition coefficient (Wildman–Crippen LogP) is 2.23. The van der Waals surface area contributed by atoms with Crippen LogP contribution < -0.4 is 10.1 Å². The number of rotatable bonds is 8. The molecule has 4 heterocycles. The van der Waals surface area contributed by atoms with E-state index in [1.54, 1.807) is 22.8 Å². The zero-order chi connectivity index (χ0) is 24.5. The predicted molar refractivity (Wildman–Crippen MR) is 123 cm³/mol. The number of β-amino-alcohol motifs (C(OH)–C–C–N with tert-alkyl or cyclic N) is 1. The van der Waals surface area contributed by atoms with Gasteiger partial charge in [-0.25, -0.2) is 22.4 Å². The number of alkyl halides is 3. The highest BCUT2D eigenvalue weighted by Crippen LogP contribution is 2.33. The summed E-state index contributed by atoms with van der Waals surface area (Å²) in [5.41, 5.74) is 3.06. The van der Waals surface area contributed by atoms with Crippen molar-refractivity contribution < 1.29 is 23.0 Å². The Morgan fingerprint density at radius 2 is 2.14 bits per heavy atom. The Kier molecular flexibility index (Phi) is 6.43. The van der Waals surface area contributed by atoms with E-state index in [0.29, 0.717) is 36.1 Å². The number of fused-ring (bicyclic) bond motifs is 2. The molecule has 5 rings (SSSR count). The van der Waals surface area contributed by atoms with Crippen molar-refractivity contribution in [3.63, 3.8) is 0 Å². The largest absolute Gasteiger partial charge is 0.479 e. The minimum absolute atomic E-state index is 0.00420. The normalized spacial score (nSPS) is 19.1. The molecule has 0 bridgehead atoms. The van der Waals surface area contributed by atoms with Crippen LogP contribution in [0, 0.1) is 0 Å². The molecule has 1 fully saturated rings. The highest BCUT2D eigenvalue weighted by molar-refractivity contribution is 5.89. The van der Waals surface area contributed by atoms with Crippen molar-refractivity contribution in [1.82, 2.24) is 34.5 Å². The fourth-order valence-corrected chi connectivity index (χ4v) is 4.47. The van der Waals surface area contributed by atoms with Crippen molar-refractivity contribution >= 4 is 22.5 Å². The van der Waals surface area contributed by atoms with Crippen LogP contribution in [0.25, 0.3) is 27.7 Å². The van der Waals surface area contributed by atoms with Crippen LogP contribution >= 0.6 is 0 Å². The van der Waals surface area contributed by atoms with E-state index in [0.717, 1.165) is 11.1 Å². The van der Waals surface area contributed by atoms with Crippen molar-refractivity contribution in [3.8, 4) is 17.0 Å². The fourth-order valence-electron chi connectivity index (χ4n) is 4.47. The van der Waals surface area contributed by atoms with Crippen LogP contribution in [0.1, 0.15) is 6.42 Å². The molecule has 2 atom stereocenters. The SMILES string of the molecule is COc1nc(N[C@H]2CCN(CCO)C[C@H]2F)nn2ccc(-c3ccc4nnn(CC(F)F)c4c3)c12. The minimum Gasteiger partial charge on any atom is -0.479 e. The number of aliphatic hydroxyl groups excluding tert-OH is 1. The molecule has 1 saturated heterocycles. The van der Waals surface area contributed by atoms with Crippen LogP contribution in [0.4, 0.5) is 19.1 Å². The highest BCUT2D eigenvalue weighted by atomic mass is 19.3. The molecule has 1 aromatic carbocycles. The Morgan fingerprint density at radius 3 is 2.89 bits per heavy atom. The number of anilines is 1. The lowest BCUT2D eigenvalue weighted by Gasteiger charge is -2.34. The number of piperidine rings is 1. The maximum atomic E-state index is 14.7. The first-order valence-corrected chi connectivity index (χ1v) is 11.3. The van der Waals surface area contributed by atoms with Gasteiger partial charge in [-0.05, 0) is 30.2 Å². The molecular weight excluding hydrogens is 465 g/mol. The smallest absolute Gasteiger partial charge is 0.258 e. The maximum Gasteiger partial charge on any atom is 0.258 e. The van der Waals surface area contributed by atoms with Crippen LogP contribution in [0.2, 0.25) is 0 Å². The molecule has 0 aliphatic carbocycles. The molecule has 0 spiro atoms. The van der Waals surface area contributed by atoms with Crippen molar-refractivity contribution in [2.75, 3.05) is 38.7 Å². The van der Waals surface area contributed by atoms with Gasteiger partial charge in [0.2, 0.25) is 11.8 Å². The Labute approximate surface area is 198 Å². The Balaban J connectivity index is 1.45. The van der Waals surface area contributed by atoms with Crippen LogP contribution in [0.15, 0.2) is 30.5 Å². The number of aliphatic hydroxyl groups is 1. The number of ether oxygens (including phenoxy) is 1. The average molecular weight is 490 g/mol. The second-order valence-corrected chi connectivity index (χ2v) is 8.41. The second kappa shape index (κ2) is 9.66. The van der Waals surface area contributed by atoms with Crippen molar-refractivity contribution in [1.29, 1.82) is 0 Å². The van der Waals surface area contributed by atoms with Gasteiger partial charge in [0.15, 0.2) is 0 Å². The van der Waals surface area contributed by atoms with E-state index in [9.17, 15) is 13.2 Å². The molecule has 1 aliphatic heterocycles. The lowest BCUT2D eigenvalue weighted by atomic mass is 10.0. The molecule has 186 valence electrons. The third kappa shape index (κ3) is 4.60. The summed E-state index contributed by atoms with van der Waals surface area (Å²) in [5, 5.41) is 24.4. The molecule has 1 aliphatic rings. The molecule has 4 aromatic rings.